The Labute approximate surface area is 189 Å². The number of hydrogen-bond acceptors (Lipinski definition) is 4. The Morgan fingerprint density at radius 1 is 1.03 bits per heavy atom. The minimum atomic E-state index is 0. The summed E-state index contributed by atoms with van der Waals surface area (Å²) in [5, 5.41) is 6.60. The highest BCUT2D eigenvalue weighted by Gasteiger charge is 2.07. The van der Waals surface area contributed by atoms with Crippen LogP contribution >= 0.6 is 24.0 Å². The third-order valence-electron chi connectivity index (χ3n) is 4.39. The molecule has 29 heavy (non-hydrogen) atoms. The summed E-state index contributed by atoms with van der Waals surface area (Å²) in [6.45, 7) is 1.35. The number of benzene rings is 2. The molecule has 0 atom stereocenters. The van der Waals surface area contributed by atoms with E-state index in [0.29, 0.717) is 12.4 Å². The lowest BCUT2D eigenvalue weighted by Crippen LogP contribution is -2.37. The van der Waals surface area contributed by atoms with Gasteiger partial charge in [0.15, 0.2) is 5.96 Å². The SMILES string of the molecule is CN=C(NCCc1ccc(N(C)C)cc1)NCc1coc(-c2ccccc2)n1.I. The smallest absolute Gasteiger partial charge is 0.226 e. The molecule has 0 aliphatic carbocycles. The normalized spacial score (nSPS) is 10.9. The lowest BCUT2D eigenvalue weighted by molar-refractivity contribution is 0.572. The maximum Gasteiger partial charge on any atom is 0.226 e. The molecule has 154 valence electrons. The van der Waals surface area contributed by atoms with Crippen molar-refractivity contribution in [2.75, 3.05) is 32.6 Å². The molecule has 0 aliphatic heterocycles. The van der Waals surface area contributed by atoms with E-state index in [-0.39, 0.29) is 24.0 Å². The Hall–Kier alpha value is -2.55. The maximum absolute atomic E-state index is 5.57. The van der Waals surface area contributed by atoms with Gasteiger partial charge in [-0.15, -0.1) is 24.0 Å². The molecule has 0 unspecified atom stereocenters. The number of nitrogens with one attached hydrogen (secondary N) is 2. The van der Waals surface area contributed by atoms with Crippen molar-refractivity contribution in [1.82, 2.24) is 15.6 Å². The average Bonchev–Trinajstić information content (AvgIpc) is 3.20. The molecule has 3 rings (SSSR count). The second-order valence-electron chi connectivity index (χ2n) is 6.67. The largest absolute Gasteiger partial charge is 0.444 e. The van der Waals surface area contributed by atoms with Crippen LogP contribution in [0.5, 0.6) is 0 Å². The Bertz CT molecular complexity index is 891. The summed E-state index contributed by atoms with van der Waals surface area (Å²) in [6.07, 6.45) is 2.60. The van der Waals surface area contributed by atoms with Gasteiger partial charge in [0.1, 0.15) is 6.26 Å². The van der Waals surface area contributed by atoms with Crippen molar-refractivity contribution in [3.63, 3.8) is 0 Å². The van der Waals surface area contributed by atoms with Gasteiger partial charge in [-0.3, -0.25) is 4.99 Å². The molecule has 1 aromatic heterocycles. The number of anilines is 1. The van der Waals surface area contributed by atoms with E-state index in [0.717, 1.165) is 30.2 Å². The van der Waals surface area contributed by atoms with Gasteiger partial charge in [-0.2, -0.15) is 0 Å². The molecule has 0 aliphatic rings. The number of aliphatic imine (C=N–C) groups is 1. The van der Waals surface area contributed by atoms with Gasteiger partial charge in [0, 0.05) is 38.9 Å². The standard InChI is InChI=1S/C22H27N5O.HI/c1-23-22(24-14-13-17-9-11-20(12-10-17)27(2)3)25-15-19-16-28-21(26-19)18-7-5-4-6-8-18;/h4-12,16H,13-15H2,1-3H3,(H2,23,24,25);1H. The third kappa shape index (κ3) is 6.77. The Kier molecular flexibility index (Phi) is 8.98. The molecule has 0 spiro atoms. The zero-order valence-corrected chi connectivity index (χ0v) is 19.4. The summed E-state index contributed by atoms with van der Waals surface area (Å²) < 4.78 is 5.57. The fourth-order valence-electron chi connectivity index (χ4n) is 2.78. The first-order valence-electron chi connectivity index (χ1n) is 9.36. The third-order valence-corrected chi connectivity index (χ3v) is 4.39. The van der Waals surface area contributed by atoms with Crippen LogP contribution < -0.4 is 15.5 Å². The van der Waals surface area contributed by atoms with Crippen molar-refractivity contribution < 1.29 is 4.42 Å². The van der Waals surface area contributed by atoms with E-state index in [1.54, 1.807) is 13.3 Å². The van der Waals surface area contributed by atoms with Crippen molar-refractivity contribution in [2.45, 2.75) is 13.0 Å². The molecule has 7 heteroatoms. The van der Waals surface area contributed by atoms with Gasteiger partial charge >= 0.3 is 0 Å². The van der Waals surface area contributed by atoms with Gasteiger partial charge in [-0.25, -0.2) is 4.98 Å². The molecule has 0 saturated carbocycles. The molecule has 0 radical (unpaired) electrons. The lowest BCUT2D eigenvalue weighted by Gasteiger charge is -2.13. The summed E-state index contributed by atoms with van der Waals surface area (Å²) in [6, 6.07) is 18.5. The first-order chi connectivity index (χ1) is 13.7. The van der Waals surface area contributed by atoms with Crippen LogP contribution in [0.25, 0.3) is 11.5 Å². The fraction of sp³-hybridized carbons (Fsp3) is 0.273. The molecule has 6 nitrogen and oxygen atoms in total. The highest BCUT2D eigenvalue weighted by Crippen LogP contribution is 2.17. The molecule has 1 heterocycles. The first-order valence-corrected chi connectivity index (χ1v) is 9.36. The molecule has 2 aromatic carbocycles. The summed E-state index contributed by atoms with van der Waals surface area (Å²) in [7, 11) is 5.85. The van der Waals surface area contributed by atoms with Crippen LogP contribution in [0, 0.1) is 0 Å². The minimum absolute atomic E-state index is 0. The van der Waals surface area contributed by atoms with E-state index < -0.39 is 0 Å². The van der Waals surface area contributed by atoms with Crippen molar-refractivity contribution in [3.05, 3.63) is 72.1 Å². The zero-order chi connectivity index (χ0) is 19.8. The minimum Gasteiger partial charge on any atom is -0.444 e. The lowest BCUT2D eigenvalue weighted by atomic mass is 10.1. The second kappa shape index (κ2) is 11.5. The number of oxazole rings is 1. The highest BCUT2D eigenvalue weighted by molar-refractivity contribution is 14.0. The van der Waals surface area contributed by atoms with Crippen molar-refractivity contribution >= 4 is 35.6 Å². The molecule has 2 N–H and O–H groups in total. The van der Waals surface area contributed by atoms with Crippen molar-refractivity contribution in [1.29, 1.82) is 0 Å². The van der Waals surface area contributed by atoms with Crippen molar-refractivity contribution in [2.24, 2.45) is 4.99 Å². The number of nitrogens with zero attached hydrogens (tertiary/aromatic N) is 3. The Balaban J connectivity index is 0.00000300. The van der Waals surface area contributed by atoms with E-state index >= 15 is 0 Å². The second-order valence-corrected chi connectivity index (χ2v) is 6.67. The van der Waals surface area contributed by atoms with Gasteiger partial charge in [0.25, 0.3) is 0 Å². The monoisotopic (exact) mass is 505 g/mol. The number of guanidine groups is 1. The Morgan fingerprint density at radius 2 is 1.76 bits per heavy atom. The summed E-state index contributed by atoms with van der Waals surface area (Å²) in [4.78, 5) is 10.9. The van der Waals surface area contributed by atoms with Crippen LogP contribution in [0.15, 0.2) is 70.3 Å². The molecule has 0 bridgehead atoms. The van der Waals surface area contributed by atoms with Crippen LogP contribution in [0.4, 0.5) is 5.69 Å². The number of rotatable bonds is 7. The molecular weight excluding hydrogens is 477 g/mol. The molecular formula is C22H28IN5O. The summed E-state index contributed by atoms with van der Waals surface area (Å²) in [5.74, 6) is 1.37. The Morgan fingerprint density at radius 3 is 2.41 bits per heavy atom. The fourth-order valence-corrected chi connectivity index (χ4v) is 2.78. The van der Waals surface area contributed by atoms with Crippen LogP contribution in [-0.4, -0.2) is 38.6 Å². The van der Waals surface area contributed by atoms with E-state index in [9.17, 15) is 0 Å². The zero-order valence-electron chi connectivity index (χ0n) is 17.1. The van der Waals surface area contributed by atoms with Gasteiger partial charge < -0.3 is 20.0 Å². The number of aromatic nitrogens is 1. The topological polar surface area (TPSA) is 65.7 Å². The van der Waals surface area contributed by atoms with E-state index in [4.69, 9.17) is 4.42 Å². The predicted octanol–water partition coefficient (Wildman–Crippen LogP) is 3.93. The summed E-state index contributed by atoms with van der Waals surface area (Å²) in [5.41, 5.74) is 4.30. The number of halogens is 1. The van der Waals surface area contributed by atoms with Crippen LogP contribution in [-0.2, 0) is 13.0 Å². The van der Waals surface area contributed by atoms with E-state index in [1.807, 2.05) is 44.4 Å². The first kappa shape index (κ1) is 22.7. The van der Waals surface area contributed by atoms with Gasteiger partial charge in [-0.1, -0.05) is 30.3 Å². The van der Waals surface area contributed by atoms with E-state index in [2.05, 4.69) is 49.8 Å². The van der Waals surface area contributed by atoms with E-state index in [1.165, 1.54) is 11.3 Å². The predicted molar refractivity (Wildman–Crippen MR) is 130 cm³/mol. The molecule has 3 aromatic rings. The molecule has 0 amide bonds. The molecule has 0 saturated heterocycles. The van der Waals surface area contributed by atoms with Gasteiger partial charge in [-0.05, 0) is 36.2 Å². The van der Waals surface area contributed by atoms with Crippen LogP contribution in [0.1, 0.15) is 11.3 Å². The molecule has 0 fully saturated rings. The van der Waals surface area contributed by atoms with Gasteiger partial charge in [0.05, 0.1) is 12.2 Å². The van der Waals surface area contributed by atoms with Crippen LogP contribution in [0.3, 0.4) is 0 Å². The number of hydrogen-bond donors (Lipinski definition) is 2. The van der Waals surface area contributed by atoms with Crippen molar-refractivity contribution in [3.8, 4) is 11.5 Å². The maximum atomic E-state index is 5.57. The van der Waals surface area contributed by atoms with Gasteiger partial charge in [0.2, 0.25) is 5.89 Å². The van der Waals surface area contributed by atoms with Crippen LogP contribution in [0.2, 0.25) is 0 Å². The summed E-state index contributed by atoms with van der Waals surface area (Å²) >= 11 is 0. The highest BCUT2D eigenvalue weighted by atomic mass is 127. The quantitative estimate of drug-likeness (QED) is 0.290. The average molecular weight is 505 g/mol.